The first-order valence-electron chi connectivity index (χ1n) is 14.4. The molecular formula is C32H38FN7O4. The molecule has 0 spiro atoms. The molecule has 44 heavy (non-hydrogen) atoms. The molecule has 3 N–H and O–H groups in total. The number of hydrogen-bond donors (Lipinski definition) is 3. The van der Waals surface area contributed by atoms with Crippen molar-refractivity contribution in [2.45, 2.75) is 79.1 Å². The number of halogens is 1. The maximum Gasteiger partial charge on any atom is 0.307 e. The molecule has 2 amide bonds. The number of H-pyrrole nitrogens is 1. The number of nitriles is 1. The van der Waals surface area contributed by atoms with E-state index in [-0.39, 0.29) is 17.7 Å². The van der Waals surface area contributed by atoms with Crippen LogP contribution in [0.5, 0.6) is 11.5 Å². The van der Waals surface area contributed by atoms with E-state index in [1.807, 2.05) is 13.8 Å². The second-order valence-electron chi connectivity index (χ2n) is 11.0. The highest BCUT2D eigenvalue weighted by Crippen LogP contribution is 2.45. The van der Waals surface area contributed by atoms with Crippen molar-refractivity contribution in [3.63, 3.8) is 0 Å². The van der Waals surface area contributed by atoms with Gasteiger partial charge in [-0.1, -0.05) is 26.0 Å². The molecule has 1 aliphatic heterocycles. The molecule has 0 radical (unpaired) electrons. The Morgan fingerprint density at radius 1 is 1.20 bits per heavy atom. The van der Waals surface area contributed by atoms with Crippen molar-refractivity contribution in [3.05, 3.63) is 87.1 Å². The van der Waals surface area contributed by atoms with E-state index in [1.165, 1.54) is 42.2 Å². The van der Waals surface area contributed by atoms with E-state index in [0.29, 0.717) is 22.6 Å². The lowest BCUT2D eigenvalue weighted by atomic mass is 9.84. The number of aryl methyl sites for hydroxylation is 2. The lowest BCUT2D eigenvalue weighted by Crippen LogP contribution is -2.52. The van der Waals surface area contributed by atoms with Gasteiger partial charge in [0.2, 0.25) is 5.91 Å². The van der Waals surface area contributed by atoms with Gasteiger partial charge in [-0.2, -0.15) is 15.5 Å². The van der Waals surface area contributed by atoms with Crippen LogP contribution in [0.3, 0.4) is 0 Å². The van der Waals surface area contributed by atoms with Gasteiger partial charge in [-0.05, 0) is 82.5 Å². The first kappa shape index (κ1) is 33.6. The van der Waals surface area contributed by atoms with Crippen LogP contribution in [0.15, 0.2) is 58.4 Å². The van der Waals surface area contributed by atoms with Crippen molar-refractivity contribution in [3.8, 4) is 17.6 Å². The minimum Gasteiger partial charge on any atom is -0.451 e. The number of nitrogens with one attached hydrogen (secondary N) is 3. The van der Waals surface area contributed by atoms with Crippen LogP contribution < -0.4 is 15.6 Å². The SMILES string of the molecule is CC.Cc1cc(Oc2ccc(C(=O)N[C@H](C)C(=O)N3C(c4cccc(F)c4)[C@@H](N=N)CC3C(C)(C)C#N)cc2C)c(=O)[nH]n1. The van der Waals surface area contributed by atoms with Gasteiger partial charge in [0, 0.05) is 11.6 Å². The quantitative estimate of drug-likeness (QED) is 0.277. The second-order valence-corrected chi connectivity index (χ2v) is 11.0. The van der Waals surface area contributed by atoms with Crippen molar-refractivity contribution in [2.75, 3.05) is 0 Å². The van der Waals surface area contributed by atoms with Gasteiger partial charge in [0.05, 0.1) is 35.3 Å². The number of benzene rings is 2. The Morgan fingerprint density at radius 3 is 2.52 bits per heavy atom. The second kappa shape index (κ2) is 14.0. The van der Waals surface area contributed by atoms with Gasteiger partial charge in [-0.25, -0.2) is 15.0 Å². The fourth-order valence-electron chi connectivity index (χ4n) is 5.20. The number of aromatic amines is 1. The summed E-state index contributed by atoms with van der Waals surface area (Å²) in [4.78, 5) is 40.7. The number of carbonyl (C=O) groups excluding carboxylic acids is 2. The summed E-state index contributed by atoms with van der Waals surface area (Å²) in [6, 6.07) is 11.0. The summed E-state index contributed by atoms with van der Waals surface area (Å²) < 4.78 is 19.9. The predicted molar refractivity (Wildman–Crippen MR) is 162 cm³/mol. The van der Waals surface area contributed by atoms with E-state index in [2.05, 4.69) is 26.7 Å². The molecule has 4 rings (SSSR count). The number of aromatic nitrogens is 2. The molecule has 0 bridgehead atoms. The zero-order valence-electron chi connectivity index (χ0n) is 25.9. The van der Waals surface area contributed by atoms with Gasteiger partial charge in [0.25, 0.3) is 5.91 Å². The Bertz CT molecular complexity index is 1630. The lowest BCUT2D eigenvalue weighted by Gasteiger charge is -2.38. The third-order valence-electron chi connectivity index (χ3n) is 7.47. The van der Waals surface area contributed by atoms with Gasteiger partial charge in [0.1, 0.15) is 17.6 Å². The maximum atomic E-state index is 14.2. The molecule has 1 saturated heterocycles. The summed E-state index contributed by atoms with van der Waals surface area (Å²) in [5.41, 5.74) is 8.14. The Kier molecular flexibility index (Phi) is 10.7. The van der Waals surface area contributed by atoms with Gasteiger partial charge >= 0.3 is 5.56 Å². The third kappa shape index (κ3) is 7.16. The van der Waals surface area contributed by atoms with Crippen LogP contribution in [-0.2, 0) is 4.79 Å². The number of carbonyl (C=O) groups is 2. The van der Waals surface area contributed by atoms with Crippen molar-refractivity contribution in [2.24, 2.45) is 10.5 Å². The van der Waals surface area contributed by atoms with Crippen molar-refractivity contribution in [1.29, 1.82) is 10.8 Å². The van der Waals surface area contributed by atoms with Gasteiger partial charge in [-0.15, -0.1) is 0 Å². The minimum absolute atomic E-state index is 0.0630. The van der Waals surface area contributed by atoms with Crippen LogP contribution in [0.1, 0.15) is 74.3 Å². The highest BCUT2D eigenvalue weighted by atomic mass is 19.1. The summed E-state index contributed by atoms with van der Waals surface area (Å²) in [6.45, 7) is 12.4. The van der Waals surface area contributed by atoms with Crippen LogP contribution >= 0.6 is 0 Å². The average molecular weight is 604 g/mol. The standard InChI is InChI=1S/C30H32FN7O4.C2H6/c1-16-11-20(9-10-23(16)42-24-12-17(2)36-37-28(24)40)27(39)34-18(3)29(41)38-25(30(4,5)15-32)14-22(35-33)26(38)19-7-6-8-21(31)13-19;1-2/h6-13,18,22,25-26,33H,14H2,1-5H3,(H,34,39)(H,37,40);1-2H3/t18-,22+,25?,26?;/m1./s1. The van der Waals surface area contributed by atoms with Crippen molar-refractivity contribution in [1.82, 2.24) is 20.4 Å². The van der Waals surface area contributed by atoms with Crippen LogP contribution in [0.2, 0.25) is 0 Å². The van der Waals surface area contributed by atoms with E-state index in [1.54, 1.807) is 45.9 Å². The maximum absolute atomic E-state index is 14.2. The van der Waals surface area contributed by atoms with E-state index in [9.17, 15) is 24.0 Å². The van der Waals surface area contributed by atoms with Crippen LogP contribution in [0.4, 0.5) is 4.39 Å². The molecule has 0 aliphatic carbocycles. The number of hydrogen-bond acceptors (Lipinski definition) is 8. The van der Waals surface area contributed by atoms with Crippen molar-refractivity contribution >= 4 is 11.8 Å². The van der Waals surface area contributed by atoms with Gasteiger partial charge in [-0.3, -0.25) is 14.4 Å². The number of rotatable bonds is 8. The average Bonchev–Trinajstić information content (AvgIpc) is 3.41. The normalized spacial score (nSPS) is 18.3. The lowest BCUT2D eigenvalue weighted by molar-refractivity contribution is -0.137. The fourth-order valence-corrected chi connectivity index (χ4v) is 5.20. The minimum atomic E-state index is -1.02. The van der Waals surface area contributed by atoms with Crippen LogP contribution in [0.25, 0.3) is 0 Å². The monoisotopic (exact) mass is 603 g/mol. The smallest absolute Gasteiger partial charge is 0.307 e. The van der Waals surface area contributed by atoms with Crippen LogP contribution in [-0.4, -0.2) is 45.0 Å². The first-order chi connectivity index (χ1) is 20.9. The largest absolute Gasteiger partial charge is 0.451 e. The summed E-state index contributed by atoms with van der Waals surface area (Å²) in [7, 11) is 0. The molecule has 0 saturated carbocycles. The number of likely N-dealkylation sites (tertiary alicyclic amines) is 1. The highest BCUT2D eigenvalue weighted by molar-refractivity contribution is 5.98. The zero-order valence-corrected chi connectivity index (χ0v) is 25.9. The summed E-state index contributed by atoms with van der Waals surface area (Å²) in [5.74, 6) is -1.08. The third-order valence-corrected chi connectivity index (χ3v) is 7.47. The van der Waals surface area contributed by atoms with E-state index >= 15 is 0 Å². The van der Waals surface area contributed by atoms with E-state index in [0.717, 1.165) is 0 Å². The molecule has 1 aliphatic rings. The van der Waals surface area contributed by atoms with Gasteiger partial charge in [0.15, 0.2) is 5.75 Å². The number of amides is 2. The molecule has 4 atom stereocenters. The molecule has 2 heterocycles. The molecule has 3 aromatic rings. The zero-order chi connectivity index (χ0) is 32.8. The predicted octanol–water partition coefficient (Wildman–Crippen LogP) is 5.75. The molecule has 1 aromatic heterocycles. The Balaban J connectivity index is 0.00000259. The van der Waals surface area contributed by atoms with Crippen molar-refractivity contribution < 1.29 is 18.7 Å². The molecule has 232 valence electrons. The first-order valence-corrected chi connectivity index (χ1v) is 14.4. The molecular weight excluding hydrogens is 565 g/mol. The van der Waals surface area contributed by atoms with Gasteiger partial charge < -0.3 is 15.0 Å². The van der Waals surface area contributed by atoms with E-state index < -0.39 is 52.8 Å². The Labute approximate surface area is 255 Å². The Hall–Kier alpha value is -4.92. The Morgan fingerprint density at radius 2 is 1.91 bits per heavy atom. The molecule has 12 heteroatoms. The summed E-state index contributed by atoms with van der Waals surface area (Å²) in [6.07, 6.45) is 0.234. The summed E-state index contributed by atoms with van der Waals surface area (Å²) >= 11 is 0. The number of ether oxygens (including phenoxy) is 1. The van der Waals surface area contributed by atoms with E-state index in [4.69, 9.17) is 10.3 Å². The molecule has 11 nitrogen and oxygen atoms in total. The fraction of sp³-hybridized carbons (Fsp3) is 0.406. The highest BCUT2D eigenvalue weighted by Gasteiger charge is 2.51. The van der Waals surface area contributed by atoms with Crippen LogP contribution in [0, 0.1) is 41.9 Å². The molecule has 2 aromatic carbocycles. The molecule has 2 unspecified atom stereocenters. The number of nitrogens with zero attached hydrogens (tertiary/aromatic N) is 4. The summed E-state index contributed by atoms with van der Waals surface area (Å²) in [5, 5.41) is 22.5. The molecule has 1 fully saturated rings. The topological polar surface area (TPSA) is 164 Å².